The summed E-state index contributed by atoms with van der Waals surface area (Å²) in [6, 6.07) is 4.24. The van der Waals surface area contributed by atoms with Crippen molar-refractivity contribution in [3.63, 3.8) is 0 Å². The fraction of sp³-hybridized carbons (Fsp3) is 0.615. The van der Waals surface area contributed by atoms with E-state index in [0.717, 1.165) is 18.8 Å². The Morgan fingerprint density at radius 3 is 3.18 bits per heavy atom. The monoisotopic (exact) mass is 236 g/mol. The molecular weight excluding hydrogens is 216 g/mol. The Morgan fingerprint density at radius 2 is 2.53 bits per heavy atom. The van der Waals surface area contributed by atoms with Gasteiger partial charge in [-0.25, -0.2) is 0 Å². The number of hydrogen-bond acceptors (Lipinski definition) is 3. The molecule has 0 saturated carbocycles. The third-order valence-corrected chi connectivity index (χ3v) is 3.25. The van der Waals surface area contributed by atoms with Crippen molar-refractivity contribution in [1.29, 1.82) is 0 Å². The van der Waals surface area contributed by atoms with E-state index in [-0.39, 0.29) is 5.91 Å². The number of nitrogens with zero attached hydrogens (tertiary/aromatic N) is 1. The summed E-state index contributed by atoms with van der Waals surface area (Å²) in [5, 5.41) is 3.40. The minimum atomic E-state index is 0.190. The van der Waals surface area contributed by atoms with Gasteiger partial charge in [0, 0.05) is 32.5 Å². The molecule has 1 saturated heterocycles. The van der Waals surface area contributed by atoms with Gasteiger partial charge in [0.05, 0.1) is 6.26 Å². The first-order chi connectivity index (χ1) is 8.25. The maximum atomic E-state index is 11.9. The van der Waals surface area contributed by atoms with Gasteiger partial charge in [-0.2, -0.15) is 0 Å². The number of furan rings is 1. The normalized spacial score (nSPS) is 19.5. The van der Waals surface area contributed by atoms with Crippen molar-refractivity contribution in [3.8, 4) is 0 Å². The fourth-order valence-electron chi connectivity index (χ4n) is 2.22. The van der Waals surface area contributed by atoms with E-state index in [9.17, 15) is 4.79 Å². The van der Waals surface area contributed by atoms with E-state index in [1.54, 1.807) is 6.26 Å². The molecule has 0 spiro atoms. The van der Waals surface area contributed by atoms with Crippen molar-refractivity contribution in [2.45, 2.75) is 31.7 Å². The second-order valence-electron chi connectivity index (χ2n) is 4.65. The van der Waals surface area contributed by atoms with Crippen LogP contribution < -0.4 is 5.32 Å². The van der Waals surface area contributed by atoms with Crippen molar-refractivity contribution in [3.05, 3.63) is 24.2 Å². The molecule has 2 heterocycles. The molecule has 4 heteroatoms. The molecule has 1 unspecified atom stereocenters. The molecule has 1 aromatic heterocycles. The third-order valence-electron chi connectivity index (χ3n) is 3.25. The molecule has 0 bridgehead atoms. The highest BCUT2D eigenvalue weighted by atomic mass is 16.3. The molecule has 1 aromatic rings. The van der Waals surface area contributed by atoms with Crippen LogP contribution in [0, 0.1) is 0 Å². The summed E-state index contributed by atoms with van der Waals surface area (Å²) in [6.07, 6.45) is 5.26. The van der Waals surface area contributed by atoms with Crippen LogP contribution in [0.4, 0.5) is 0 Å². The van der Waals surface area contributed by atoms with Gasteiger partial charge in [0.2, 0.25) is 5.91 Å². The van der Waals surface area contributed by atoms with Crippen molar-refractivity contribution in [2.75, 3.05) is 20.1 Å². The second kappa shape index (κ2) is 5.87. The highest BCUT2D eigenvalue weighted by molar-refractivity contribution is 5.76. The first kappa shape index (κ1) is 12.2. The predicted octanol–water partition coefficient (Wildman–Crippen LogP) is 1.42. The molecule has 2 rings (SSSR count). The molecular formula is C13H20N2O2. The summed E-state index contributed by atoms with van der Waals surface area (Å²) in [6.45, 7) is 1.90. The van der Waals surface area contributed by atoms with Gasteiger partial charge < -0.3 is 14.6 Å². The van der Waals surface area contributed by atoms with E-state index < -0.39 is 0 Å². The van der Waals surface area contributed by atoms with Gasteiger partial charge in [0.25, 0.3) is 0 Å². The number of aryl methyl sites for hydroxylation is 1. The molecule has 0 aliphatic carbocycles. The SMILES string of the molecule is CN(CC1CCCN1)C(=O)CCc1ccco1. The number of carbonyl (C=O) groups is 1. The number of likely N-dealkylation sites (N-methyl/N-ethyl adjacent to an activating group) is 1. The summed E-state index contributed by atoms with van der Waals surface area (Å²) in [7, 11) is 1.88. The Balaban J connectivity index is 1.71. The average Bonchev–Trinajstić information content (AvgIpc) is 2.98. The molecule has 1 amide bonds. The van der Waals surface area contributed by atoms with Crippen LogP contribution in [0.25, 0.3) is 0 Å². The molecule has 17 heavy (non-hydrogen) atoms. The Bertz CT molecular complexity index is 342. The van der Waals surface area contributed by atoms with Crippen LogP contribution in [-0.2, 0) is 11.2 Å². The van der Waals surface area contributed by atoms with Gasteiger partial charge >= 0.3 is 0 Å². The second-order valence-corrected chi connectivity index (χ2v) is 4.65. The van der Waals surface area contributed by atoms with Gasteiger partial charge in [-0.1, -0.05) is 0 Å². The molecule has 0 aromatic carbocycles. The molecule has 1 aliphatic rings. The van der Waals surface area contributed by atoms with Gasteiger partial charge in [-0.05, 0) is 31.5 Å². The Labute approximate surface area is 102 Å². The van der Waals surface area contributed by atoms with E-state index in [0.29, 0.717) is 18.9 Å². The molecule has 1 N–H and O–H groups in total. The number of hydrogen-bond donors (Lipinski definition) is 1. The first-order valence-corrected chi connectivity index (χ1v) is 6.25. The lowest BCUT2D eigenvalue weighted by Crippen LogP contribution is -2.38. The summed E-state index contributed by atoms with van der Waals surface area (Å²) in [5.41, 5.74) is 0. The van der Waals surface area contributed by atoms with Crippen LogP contribution in [0.5, 0.6) is 0 Å². The van der Waals surface area contributed by atoms with E-state index in [4.69, 9.17) is 4.42 Å². The van der Waals surface area contributed by atoms with Crippen LogP contribution in [0.3, 0.4) is 0 Å². The zero-order chi connectivity index (χ0) is 12.1. The maximum Gasteiger partial charge on any atom is 0.222 e. The van der Waals surface area contributed by atoms with Crippen LogP contribution in [0.15, 0.2) is 22.8 Å². The largest absolute Gasteiger partial charge is 0.469 e. The Morgan fingerprint density at radius 1 is 1.65 bits per heavy atom. The van der Waals surface area contributed by atoms with Crippen molar-refractivity contribution < 1.29 is 9.21 Å². The van der Waals surface area contributed by atoms with Gasteiger partial charge in [-0.15, -0.1) is 0 Å². The van der Waals surface area contributed by atoms with Crippen LogP contribution >= 0.6 is 0 Å². The van der Waals surface area contributed by atoms with Crippen LogP contribution in [-0.4, -0.2) is 37.0 Å². The summed E-state index contributed by atoms with van der Waals surface area (Å²) >= 11 is 0. The Hall–Kier alpha value is -1.29. The van der Waals surface area contributed by atoms with Crippen LogP contribution in [0.2, 0.25) is 0 Å². The summed E-state index contributed by atoms with van der Waals surface area (Å²) in [4.78, 5) is 13.7. The van der Waals surface area contributed by atoms with Gasteiger partial charge in [-0.3, -0.25) is 4.79 Å². The number of amides is 1. The van der Waals surface area contributed by atoms with Crippen LogP contribution in [0.1, 0.15) is 25.0 Å². The average molecular weight is 236 g/mol. The van der Waals surface area contributed by atoms with E-state index in [1.165, 1.54) is 12.8 Å². The van der Waals surface area contributed by atoms with E-state index in [2.05, 4.69) is 5.32 Å². The topological polar surface area (TPSA) is 45.5 Å². The van der Waals surface area contributed by atoms with Crippen molar-refractivity contribution >= 4 is 5.91 Å². The standard InChI is InChI=1S/C13H20N2O2/c1-15(10-11-4-2-8-14-11)13(16)7-6-12-5-3-9-17-12/h3,5,9,11,14H,2,4,6-8,10H2,1H3. The maximum absolute atomic E-state index is 11.9. The van der Waals surface area contributed by atoms with Gasteiger partial charge in [0.15, 0.2) is 0 Å². The minimum Gasteiger partial charge on any atom is -0.469 e. The fourth-order valence-corrected chi connectivity index (χ4v) is 2.22. The number of nitrogens with one attached hydrogen (secondary N) is 1. The molecule has 1 aliphatic heterocycles. The summed E-state index contributed by atoms with van der Waals surface area (Å²) < 4.78 is 5.21. The number of rotatable bonds is 5. The van der Waals surface area contributed by atoms with E-state index in [1.807, 2.05) is 24.1 Å². The van der Waals surface area contributed by atoms with Crippen molar-refractivity contribution in [1.82, 2.24) is 10.2 Å². The predicted molar refractivity (Wildman–Crippen MR) is 65.7 cm³/mol. The molecule has 94 valence electrons. The van der Waals surface area contributed by atoms with Crippen molar-refractivity contribution in [2.24, 2.45) is 0 Å². The molecule has 0 radical (unpaired) electrons. The molecule has 1 fully saturated rings. The lowest BCUT2D eigenvalue weighted by Gasteiger charge is -2.21. The zero-order valence-electron chi connectivity index (χ0n) is 10.3. The smallest absolute Gasteiger partial charge is 0.222 e. The molecule has 1 atom stereocenters. The highest BCUT2D eigenvalue weighted by Crippen LogP contribution is 2.08. The lowest BCUT2D eigenvalue weighted by atomic mass is 10.2. The van der Waals surface area contributed by atoms with E-state index >= 15 is 0 Å². The molecule has 4 nitrogen and oxygen atoms in total. The number of carbonyl (C=O) groups excluding carboxylic acids is 1. The highest BCUT2D eigenvalue weighted by Gasteiger charge is 2.18. The Kier molecular flexibility index (Phi) is 4.20. The lowest BCUT2D eigenvalue weighted by molar-refractivity contribution is -0.130. The quantitative estimate of drug-likeness (QED) is 0.841. The summed E-state index contributed by atoms with van der Waals surface area (Å²) in [5.74, 6) is 1.07. The first-order valence-electron chi connectivity index (χ1n) is 6.25. The zero-order valence-corrected chi connectivity index (χ0v) is 10.3. The third kappa shape index (κ3) is 3.60. The minimum absolute atomic E-state index is 0.190. The van der Waals surface area contributed by atoms with Gasteiger partial charge in [0.1, 0.15) is 5.76 Å².